The molecule has 1 amide bonds. The molecule has 1 saturated heterocycles. The molecule has 1 heterocycles. The zero-order valence-corrected chi connectivity index (χ0v) is 10.6. The van der Waals surface area contributed by atoms with Crippen molar-refractivity contribution in [1.29, 1.82) is 0 Å². The molecule has 0 radical (unpaired) electrons. The monoisotopic (exact) mass is 251 g/mol. The van der Waals surface area contributed by atoms with Crippen LogP contribution in [0.15, 0.2) is 0 Å². The van der Waals surface area contributed by atoms with Crippen molar-refractivity contribution in [3.05, 3.63) is 0 Å². The van der Waals surface area contributed by atoms with Gasteiger partial charge in [0.25, 0.3) is 0 Å². The Morgan fingerprint density at radius 2 is 2.00 bits per heavy atom. The van der Waals surface area contributed by atoms with Crippen molar-refractivity contribution in [3.63, 3.8) is 0 Å². The first-order valence-electron chi connectivity index (χ1n) is 7.30. The van der Waals surface area contributed by atoms with E-state index in [4.69, 9.17) is 4.74 Å². The third-order valence-corrected chi connectivity index (χ3v) is 5.74. The maximum Gasteiger partial charge on any atom is 0.226 e. The Hall–Kier alpha value is -0.610. The molecule has 4 aliphatic rings. The van der Waals surface area contributed by atoms with Gasteiger partial charge in [-0.05, 0) is 42.9 Å². The molecular weight excluding hydrogens is 230 g/mol. The SMILES string of the molecule is O=C(C1C2C3CCC(C3)C12)N1CCOCC1CO. The Kier molecular flexibility index (Phi) is 2.46. The number of hydrogen-bond donors (Lipinski definition) is 1. The van der Waals surface area contributed by atoms with E-state index >= 15 is 0 Å². The number of aliphatic hydroxyl groups is 1. The molecule has 18 heavy (non-hydrogen) atoms. The standard InChI is InChI=1S/C14H21NO3/c16-6-10-7-18-4-3-15(10)14(17)13-11-8-1-2-9(5-8)12(11)13/h8-13,16H,1-7H2. The molecule has 0 spiro atoms. The van der Waals surface area contributed by atoms with E-state index in [9.17, 15) is 9.90 Å². The van der Waals surface area contributed by atoms with Crippen LogP contribution < -0.4 is 0 Å². The van der Waals surface area contributed by atoms with Gasteiger partial charge in [-0.1, -0.05) is 0 Å². The largest absolute Gasteiger partial charge is 0.394 e. The lowest BCUT2D eigenvalue weighted by Crippen LogP contribution is -2.51. The number of rotatable bonds is 2. The highest BCUT2D eigenvalue weighted by Crippen LogP contribution is 2.69. The fourth-order valence-corrected chi connectivity index (χ4v) is 4.94. The van der Waals surface area contributed by atoms with Crippen LogP contribution in [0.25, 0.3) is 0 Å². The normalized spacial score (nSPS) is 49.3. The molecular formula is C14H21NO3. The average Bonchev–Trinajstić information content (AvgIpc) is 2.85. The van der Waals surface area contributed by atoms with Gasteiger partial charge in [-0.3, -0.25) is 4.79 Å². The Balaban J connectivity index is 1.48. The second kappa shape index (κ2) is 3.94. The van der Waals surface area contributed by atoms with Gasteiger partial charge in [0.05, 0.1) is 25.9 Å². The van der Waals surface area contributed by atoms with Gasteiger partial charge in [-0.2, -0.15) is 0 Å². The predicted molar refractivity (Wildman–Crippen MR) is 64.7 cm³/mol. The van der Waals surface area contributed by atoms with Gasteiger partial charge < -0.3 is 14.7 Å². The fourth-order valence-electron chi connectivity index (χ4n) is 4.94. The van der Waals surface area contributed by atoms with E-state index in [1.165, 1.54) is 19.3 Å². The molecule has 1 aliphatic heterocycles. The summed E-state index contributed by atoms with van der Waals surface area (Å²) in [6, 6.07) is -0.106. The first kappa shape index (κ1) is 11.2. The van der Waals surface area contributed by atoms with Gasteiger partial charge in [-0.15, -0.1) is 0 Å². The van der Waals surface area contributed by atoms with Gasteiger partial charge >= 0.3 is 0 Å². The zero-order chi connectivity index (χ0) is 12.3. The van der Waals surface area contributed by atoms with E-state index in [0.29, 0.717) is 43.4 Å². The van der Waals surface area contributed by atoms with Gasteiger partial charge in [-0.25, -0.2) is 0 Å². The van der Waals surface area contributed by atoms with E-state index in [2.05, 4.69) is 0 Å². The fraction of sp³-hybridized carbons (Fsp3) is 0.929. The minimum absolute atomic E-state index is 0.0284. The van der Waals surface area contributed by atoms with E-state index < -0.39 is 0 Å². The molecule has 4 fully saturated rings. The number of carbonyl (C=O) groups is 1. The van der Waals surface area contributed by atoms with Crippen LogP contribution in [0.4, 0.5) is 0 Å². The Morgan fingerprint density at radius 3 is 2.67 bits per heavy atom. The van der Waals surface area contributed by atoms with Crippen LogP contribution >= 0.6 is 0 Å². The Labute approximate surface area is 107 Å². The van der Waals surface area contributed by atoms with Crippen LogP contribution in [0.5, 0.6) is 0 Å². The second-order valence-corrected chi connectivity index (χ2v) is 6.46. The summed E-state index contributed by atoms with van der Waals surface area (Å²) in [5.41, 5.74) is 0. The first-order chi connectivity index (χ1) is 8.81. The molecule has 100 valence electrons. The maximum absolute atomic E-state index is 12.6. The summed E-state index contributed by atoms with van der Waals surface area (Å²) < 4.78 is 5.35. The summed E-state index contributed by atoms with van der Waals surface area (Å²) in [6.45, 7) is 1.81. The molecule has 4 rings (SSSR count). The molecule has 3 aliphatic carbocycles. The highest BCUT2D eigenvalue weighted by atomic mass is 16.5. The molecule has 2 bridgehead atoms. The second-order valence-electron chi connectivity index (χ2n) is 6.46. The molecule has 1 N–H and O–H groups in total. The minimum atomic E-state index is -0.106. The summed E-state index contributed by atoms with van der Waals surface area (Å²) in [5, 5.41) is 9.36. The van der Waals surface area contributed by atoms with Gasteiger partial charge in [0.15, 0.2) is 0 Å². The summed E-state index contributed by atoms with van der Waals surface area (Å²) in [4.78, 5) is 14.5. The van der Waals surface area contributed by atoms with Gasteiger partial charge in [0.2, 0.25) is 5.91 Å². The number of ether oxygens (including phenoxy) is 1. The van der Waals surface area contributed by atoms with Crippen molar-refractivity contribution >= 4 is 5.91 Å². The van der Waals surface area contributed by atoms with Crippen molar-refractivity contribution < 1.29 is 14.6 Å². The molecule has 4 nitrogen and oxygen atoms in total. The molecule has 0 aromatic heterocycles. The van der Waals surface area contributed by atoms with Crippen LogP contribution in [0, 0.1) is 29.6 Å². The number of carbonyl (C=O) groups excluding carboxylic acids is 1. The number of aliphatic hydroxyl groups excluding tert-OH is 1. The number of amides is 1. The smallest absolute Gasteiger partial charge is 0.226 e. The van der Waals surface area contributed by atoms with Crippen molar-refractivity contribution in [2.45, 2.75) is 25.3 Å². The van der Waals surface area contributed by atoms with Crippen LogP contribution in [0.2, 0.25) is 0 Å². The minimum Gasteiger partial charge on any atom is -0.394 e. The van der Waals surface area contributed by atoms with Crippen molar-refractivity contribution in [2.24, 2.45) is 29.6 Å². The third kappa shape index (κ3) is 1.42. The summed E-state index contributed by atoms with van der Waals surface area (Å²) in [5.74, 6) is 3.66. The van der Waals surface area contributed by atoms with Gasteiger partial charge in [0, 0.05) is 12.5 Å². The van der Waals surface area contributed by atoms with Crippen molar-refractivity contribution in [3.8, 4) is 0 Å². The summed E-state index contributed by atoms with van der Waals surface area (Å²) in [7, 11) is 0. The maximum atomic E-state index is 12.6. The first-order valence-corrected chi connectivity index (χ1v) is 7.30. The molecule has 5 atom stereocenters. The van der Waals surface area contributed by atoms with Crippen LogP contribution in [-0.4, -0.2) is 48.3 Å². The average molecular weight is 251 g/mol. The number of morpholine rings is 1. The van der Waals surface area contributed by atoms with Crippen molar-refractivity contribution in [2.75, 3.05) is 26.4 Å². The highest BCUT2D eigenvalue weighted by Gasteiger charge is 2.68. The number of hydrogen-bond acceptors (Lipinski definition) is 3. The van der Waals surface area contributed by atoms with Gasteiger partial charge in [0.1, 0.15) is 0 Å². The quantitative estimate of drug-likeness (QED) is 0.777. The van der Waals surface area contributed by atoms with Crippen molar-refractivity contribution in [1.82, 2.24) is 4.90 Å². The molecule has 0 aromatic carbocycles. The lowest BCUT2D eigenvalue weighted by atomic mass is 10.0. The van der Waals surface area contributed by atoms with Crippen LogP contribution in [0.1, 0.15) is 19.3 Å². The lowest BCUT2D eigenvalue weighted by Gasteiger charge is -2.35. The number of fused-ring (bicyclic) bond motifs is 5. The third-order valence-electron chi connectivity index (χ3n) is 5.74. The summed E-state index contributed by atoms with van der Waals surface area (Å²) in [6.07, 6.45) is 4.08. The van der Waals surface area contributed by atoms with Crippen LogP contribution in [0.3, 0.4) is 0 Å². The Morgan fingerprint density at radius 1 is 1.28 bits per heavy atom. The van der Waals surface area contributed by atoms with E-state index in [1.54, 1.807) is 0 Å². The zero-order valence-electron chi connectivity index (χ0n) is 10.6. The predicted octanol–water partition coefficient (Wildman–Crippen LogP) is 0.498. The topological polar surface area (TPSA) is 49.8 Å². The molecule has 4 heteroatoms. The lowest BCUT2D eigenvalue weighted by molar-refractivity contribution is -0.144. The number of nitrogens with zero attached hydrogens (tertiary/aromatic N) is 1. The van der Waals surface area contributed by atoms with Crippen LogP contribution in [-0.2, 0) is 9.53 Å². The molecule has 5 unspecified atom stereocenters. The summed E-state index contributed by atoms with van der Waals surface area (Å²) >= 11 is 0. The van der Waals surface area contributed by atoms with E-state index in [0.717, 1.165) is 11.8 Å². The van der Waals surface area contributed by atoms with E-state index in [1.807, 2.05) is 4.90 Å². The Bertz CT molecular complexity index is 356. The highest BCUT2D eigenvalue weighted by molar-refractivity contribution is 5.83. The van der Waals surface area contributed by atoms with E-state index in [-0.39, 0.29) is 12.6 Å². The molecule has 3 saturated carbocycles. The molecule has 0 aromatic rings.